The second kappa shape index (κ2) is 9.97. The summed E-state index contributed by atoms with van der Waals surface area (Å²) in [6.07, 6.45) is 1.51. The van der Waals surface area contributed by atoms with Crippen LogP contribution in [0.3, 0.4) is 0 Å². The van der Waals surface area contributed by atoms with Crippen LogP contribution in [0.5, 0.6) is 5.75 Å². The standard InChI is InChI=1S/C26H23ClN2O2/c1-17-6-4-8-21(12-17)16-31-25-11-10-20(14-23(25)27)13-22(15-28)26(30)29-24-9-5-7-18(2)19(24)3/h4-14H,16H2,1-3H3,(H,29,30)/b22-13+. The Bertz CT molecular complexity index is 1190. The second-order valence-electron chi connectivity index (χ2n) is 7.34. The Morgan fingerprint density at radius 3 is 2.58 bits per heavy atom. The number of hydrogen-bond donors (Lipinski definition) is 1. The lowest BCUT2D eigenvalue weighted by Crippen LogP contribution is -2.14. The third-order valence-corrected chi connectivity index (χ3v) is 5.26. The summed E-state index contributed by atoms with van der Waals surface area (Å²) in [5.74, 6) is 0.0748. The molecule has 4 nitrogen and oxygen atoms in total. The molecule has 31 heavy (non-hydrogen) atoms. The maximum absolute atomic E-state index is 12.6. The van der Waals surface area contributed by atoms with Gasteiger partial charge in [0.1, 0.15) is 24.0 Å². The summed E-state index contributed by atoms with van der Waals surface area (Å²) in [4.78, 5) is 12.6. The first-order valence-corrected chi connectivity index (χ1v) is 10.2. The van der Waals surface area contributed by atoms with Crippen LogP contribution in [0.4, 0.5) is 5.69 Å². The second-order valence-corrected chi connectivity index (χ2v) is 7.75. The van der Waals surface area contributed by atoms with E-state index in [9.17, 15) is 10.1 Å². The van der Waals surface area contributed by atoms with Crippen molar-refractivity contribution in [2.24, 2.45) is 0 Å². The van der Waals surface area contributed by atoms with E-state index in [2.05, 4.69) is 11.4 Å². The molecule has 1 amide bonds. The van der Waals surface area contributed by atoms with Crippen LogP contribution in [0.15, 0.2) is 66.2 Å². The minimum Gasteiger partial charge on any atom is -0.487 e. The molecule has 3 rings (SSSR count). The maximum Gasteiger partial charge on any atom is 0.266 e. The van der Waals surface area contributed by atoms with E-state index >= 15 is 0 Å². The molecule has 3 aromatic carbocycles. The van der Waals surface area contributed by atoms with Crippen molar-refractivity contribution in [3.05, 3.63) is 99.1 Å². The number of rotatable bonds is 6. The fourth-order valence-electron chi connectivity index (χ4n) is 3.08. The zero-order valence-electron chi connectivity index (χ0n) is 17.7. The zero-order chi connectivity index (χ0) is 22.4. The van der Waals surface area contributed by atoms with Gasteiger partial charge in [-0.3, -0.25) is 4.79 Å². The van der Waals surface area contributed by atoms with Crippen LogP contribution < -0.4 is 10.1 Å². The van der Waals surface area contributed by atoms with Crippen molar-refractivity contribution < 1.29 is 9.53 Å². The first-order valence-electron chi connectivity index (χ1n) is 9.84. The smallest absolute Gasteiger partial charge is 0.266 e. The van der Waals surface area contributed by atoms with Gasteiger partial charge >= 0.3 is 0 Å². The monoisotopic (exact) mass is 430 g/mol. The topological polar surface area (TPSA) is 62.1 Å². The van der Waals surface area contributed by atoms with Gasteiger partial charge in [-0.25, -0.2) is 0 Å². The molecule has 0 radical (unpaired) electrons. The van der Waals surface area contributed by atoms with Gasteiger partial charge in [0.2, 0.25) is 0 Å². The van der Waals surface area contributed by atoms with Crippen molar-refractivity contribution in [2.45, 2.75) is 27.4 Å². The lowest BCUT2D eigenvalue weighted by Gasteiger charge is -2.10. The zero-order valence-corrected chi connectivity index (χ0v) is 18.5. The van der Waals surface area contributed by atoms with Gasteiger partial charge in [-0.2, -0.15) is 5.26 Å². The van der Waals surface area contributed by atoms with Crippen molar-refractivity contribution in [1.82, 2.24) is 0 Å². The van der Waals surface area contributed by atoms with Gasteiger partial charge in [0.15, 0.2) is 0 Å². The molecule has 0 fully saturated rings. The minimum absolute atomic E-state index is 0.00889. The largest absolute Gasteiger partial charge is 0.487 e. The first-order chi connectivity index (χ1) is 14.9. The van der Waals surface area contributed by atoms with Gasteiger partial charge in [-0.1, -0.05) is 59.6 Å². The molecule has 0 heterocycles. The predicted molar refractivity (Wildman–Crippen MR) is 125 cm³/mol. The van der Waals surface area contributed by atoms with Crippen molar-refractivity contribution in [3.8, 4) is 11.8 Å². The molecule has 0 unspecified atom stereocenters. The van der Waals surface area contributed by atoms with Crippen LogP contribution in [0.1, 0.15) is 27.8 Å². The third-order valence-electron chi connectivity index (χ3n) is 4.96. The van der Waals surface area contributed by atoms with E-state index in [0.29, 0.717) is 28.6 Å². The van der Waals surface area contributed by atoms with Gasteiger partial charge in [-0.15, -0.1) is 0 Å². The van der Waals surface area contributed by atoms with Crippen LogP contribution in [0.25, 0.3) is 6.08 Å². The number of halogens is 1. The fraction of sp³-hybridized carbons (Fsp3) is 0.154. The van der Waals surface area contributed by atoms with E-state index in [-0.39, 0.29) is 5.57 Å². The lowest BCUT2D eigenvalue weighted by molar-refractivity contribution is -0.112. The molecule has 0 aliphatic rings. The molecule has 1 N–H and O–H groups in total. The average Bonchev–Trinajstić information content (AvgIpc) is 2.74. The molecule has 0 saturated carbocycles. The minimum atomic E-state index is -0.466. The molecule has 0 atom stereocenters. The predicted octanol–water partition coefficient (Wildman–Crippen LogP) is 6.39. The van der Waals surface area contributed by atoms with E-state index in [0.717, 1.165) is 22.3 Å². The molecule has 0 aromatic heterocycles. The normalized spacial score (nSPS) is 11.0. The van der Waals surface area contributed by atoms with Crippen LogP contribution in [0.2, 0.25) is 5.02 Å². The Morgan fingerprint density at radius 2 is 1.87 bits per heavy atom. The van der Waals surface area contributed by atoms with Crippen LogP contribution in [0, 0.1) is 32.1 Å². The number of amides is 1. The highest BCUT2D eigenvalue weighted by Gasteiger charge is 2.12. The number of nitrogens with zero attached hydrogens (tertiary/aromatic N) is 1. The molecule has 0 spiro atoms. The summed E-state index contributed by atoms with van der Waals surface area (Å²) < 4.78 is 5.82. The number of hydrogen-bond acceptors (Lipinski definition) is 3. The molecule has 0 bridgehead atoms. The van der Waals surface area contributed by atoms with E-state index in [4.69, 9.17) is 16.3 Å². The molecule has 0 aliphatic heterocycles. The Balaban J connectivity index is 1.73. The number of anilines is 1. The van der Waals surface area contributed by atoms with E-state index in [1.165, 1.54) is 6.08 Å². The molecular formula is C26H23ClN2O2. The van der Waals surface area contributed by atoms with Crippen LogP contribution in [-0.2, 0) is 11.4 Å². The van der Waals surface area contributed by atoms with Crippen molar-refractivity contribution >= 4 is 29.3 Å². The number of benzene rings is 3. The Hall–Kier alpha value is -3.55. The number of carbonyl (C=O) groups is 1. The van der Waals surface area contributed by atoms with Crippen molar-refractivity contribution in [1.29, 1.82) is 5.26 Å². The number of aryl methyl sites for hydroxylation is 2. The van der Waals surface area contributed by atoms with Crippen LogP contribution in [-0.4, -0.2) is 5.91 Å². The van der Waals surface area contributed by atoms with Gasteiger partial charge in [-0.05, 0) is 67.3 Å². The third kappa shape index (κ3) is 5.75. The fourth-order valence-corrected chi connectivity index (χ4v) is 3.32. The molecule has 3 aromatic rings. The first kappa shape index (κ1) is 22.1. The quantitative estimate of drug-likeness (QED) is 0.364. The van der Waals surface area contributed by atoms with Crippen LogP contribution >= 0.6 is 11.6 Å². The molecule has 0 saturated heterocycles. The van der Waals surface area contributed by atoms with E-state index in [1.54, 1.807) is 18.2 Å². The number of ether oxygens (including phenoxy) is 1. The number of nitriles is 1. The highest BCUT2D eigenvalue weighted by Crippen LogP contribution is 2.27. The molecule has 156 valence electrons. The molecular weight excluding hydrogens is 408 g/mol. The van der Waals surface area contributed by atoms with Crippen molar-refractivity contribution in [3.63, 3.8) is 0 Å². The summed E-state index contributed by atoms with van der Waals surface area (Å²) >= 11 is 6.36. The van der Waals surface area contributed by atoms with Gasteiger partial charge in [0.05, 0.1) is 5.02 Å². The average molecular weight is 431 g/mol. The maximum atomic E-state index is 12.6. The summed E-state index contributed by atoms with van der Waals surface area (Å²) in [6.45, 7) is 6.33. The number of nitrogens with one attached hydrogen (secondary N) is 1. The summed E-state index contributed by atoms with van der Waals surface area (Å²) in [5.41, 5.74) is 5.56. The Labute approximate surface area is 187 Å². The SMILES string of the molecule is Cc1cccc(COc2ccc(/C=C(\C#N)C(=O)Nc3cccc(C)c3C)cc2Cl)c1. The van der Waals surface area contributed by atoms with Gasteiger partial charge in [0.25, 0.3) is 5.91 Å². The summed E-state index contributed by atoms with van der Waals surface area (Å²) in [6, 6.07) is 20.8. The Kier molecular flexibility index (Phi) is 7.12. The van der Waals surface area contributed by atoms with Gasteiger partial charge < -0.3 is 10.1 Å². The van der Waals surface area contributed by atoms with E-state index < -0.39 is 5.91 Å². The summed E-state index contributed by atoms with van der Waals surface area (Å²) in [7, 11) is 0. The highest BCUT2D eigenvalue weighted by atomic mass is 35.5. The highest BCUT2D eigenvalue weighted by molar-refractivity contribution is 6.32. The number of carbonyl (C=O) groups excluding carboxylic acids is 1. The lowest BCUT2D eigenvalue weighted by atomic mass is 10.1. The molecule has 5 heteroatoms. The molecule has 0 aliphatic carbocycles. The summed E-state index contributed by atoms with van der Waals surface area (Å²) in [5, 5.41) is 12.7. The Morgan fingerprint density at radius 1 is 1.10 bits per heavy atom. The van der Waals surface area contributed by atoms with E-state index in [1.807, 2.05) is 63.2 Å². The van der Waals surface area contributed by atoms with Crippen molar-refractivity contribution in [2.75, 3.05) is 5.32 Å². The van der Waals surface area contributed by atoms with Gasteiger partial charge in [0, 0.05) is 5.69 Å².